The summed E-state index contributed by atoms with van der Waals surface area (Å²) in [4.78, 5) is 17.8. The SMILES string of the molecule is Cn1ncnc1CN1CCC(n2cccc2C(=O)O)CC1. The molecule has 0 saturated carbocycles. The fourth-order valence-corrected chi connectivity index (χ4v) is 2.91. The molecule has 1 saturated heterocycles. The van der Waals surface area contributed by atoms with Gasteiger partial charge in [0.15, 0.2) is 0 Å². The first-order valence-corrected chi connectivity index (χ1v) is 7.10. The minimum Gasteiger partial charge on any atom is -0.477 e. The van der Waals surface area contributed by atoms with E-state index in [9.17, 15) is 9.90 Å². The van der Waals surface area contributed by atoms with Crippen LogP contribution in [0.25, 0.3) is 0 Å². The van der Waals surface area contributed by atoms with Crippen LogP contribution in [-0.4, -0.2) is 48.4 Å². The van der Waals surface area contributed by atoms with Gasteiger partial charge in [-0.05, 0) is 25.0 Å². The minimum absolute atomic E-state index is 0.266. The molecular weight excluding hydrogens is 270 g/mol. The normalized spacial score (nSPS) is 17.2. The summed E-state index contributed by atoms with van der Waals surface area (Å²) in [6.45, 7) is 2.67. The Morgan fingerprint density at radius 1 is 1.43 bits per heavy atom. The summed E-state index contributed by atoms with van der Waals surface area (Å²) in [5.41, 5.74) is 0.377. The maximum atomic E-state index is 11.2. The summed E-state index contributed by atoms with van der Waals surface area (Å²) < 4.78 is 3.68. The molecule has 7 nitrogen and oxygen atoms in total. The molecule has 0 aromatic carbocycles. The highest BCUT2D eigenvalue weighted by molar-refractivity contribution is 5.85. The van der Waals surface area contributed by atoms with Gasteiger partial charge in [-0.15, -0.1) is 0 Å². The summed E-state index contributed by atoms with van der Waals surface area (Å²) in [6.07, 6.45) is 5.34. The van der Waals surface area contributed by atoms with E-state index in [0.717, 1.165) is 38.3 Å². The number of likely N-dealkylation sites (tertiary alicyclic amines) is 1. The largest absolute Gasteiger partial charge is 0.477 e. The predicted molar refractivity (Wildman–Crippen MR) is 75.9 cm³/mol. The van der Waals surface area contributed by atoms with Gasteiger partial charge < -0.3 is 9.67 Å². The van der Waals surface area contributed by atoms with E-state index in [1.165, 1.54) is 0 Å². The smallest absolute Gasteiger partial charge is 0.352 e. The van der Waals surface area contributed by atoms with Crippen LogP contribution in [-0.2, 0) is 13.6 Å². The number of carboxylic acid groups (broad SMARTS) is 1. The van der Waals surface area contributed by atoms with Crippen LogP contribution in [0.2, 0.25) is 0 Å². The number of aromatic carboxylic acids is 1. The van der Waals surface area contributed by atoms with Gasteiger partial charge in [0.05, 0.1) is 6.54 Å². The molecule has 1 N–H and O–H groups in total. The second kappa shape index (κ2) is 5.69. The van der Waals surface area contributed by atoms with Crippen molar-refractivity contribution in [2.75, 3.05) is 13.1 Å². The number of carboxylic acids is 1. The van der Waals surface area contributed by atoms with E-state index in [0.29, 0.717) is 5.69 Å². The molecule has 7 heteroatoms. The first-order valence-electron chi connectivity index (χ1n) is 7.10. The lowest BCUT2D eigenvalue weighted by Gasteiger charge is -2.32. The zero-order chi connectivity index (χ0) is 14.8. The molecule has 0 unspecified atom stereocenters. The topological polar surface area (TPSA) is 76.2 Å². The fourth-order valence-electron chi connectivity index (χ4n) is 2.91. The van der Waals surface area contributed by atoms with Gasteiger partial charge in [-0.2, -0.15) is 5.10 Å². The maximum absolute atomic E-state index is 11.2. The van der Waals surface area contributed by atoms with E-state index >= 15 is 0 Å². The second-order valence-corrected chi connectivity index (χ2v) is 5.41. The van der Waals surface area contributed by atoms with Crippen LogP contribution in [0.3, 0.4) is 0 Å². The highest BCUT2D eigenvalue weighted by Gasteiger charge is 2.23. The standard InChI is InChI=1S/C14H19N5O2/c1-17-13(15-10-16-17)9-18-7-4-11(5-8-18)19-6-2-3-12(19)14(20)21/h2-3,6,10-11H,4-5,7-9H2,1H3,(H,20,21). The molecule has 0 bridgehead atoms. The van der Waals surface area contributed by atoms with Crippen LogP contribution < -0.4 is 0 Å². The predicted octanol–water partition coefficient (Wildman–Crippen LogP) is 1.15. The summed E-state index contributed by atoms with van der Waals surface area (Å²) in [5.74, 6) is 0.0992. The fraction of sp³-hybridized carbons (Fsp3) is 0.500. The van der Waals surface area contributed by atoms with Crippen molar-refractivity contribution < 1.29 is 9.90 Å². The molecular formula is C14H19N5O2. The van der Waals surface area contributed by atoms with Crippen molar-refractivity contribution in [2.45, 2.75) is 25.4 Å². The number of aryl methyl sites for hydroxylation is 1. The third-order valence-electron chi connectivity index (χ3n) is 4.12. The summed E-state index contributed by atoms with van der Waals surface area (Å²) in [6, 6.07) is 3.73. The number of rotatable bonds is 4. The average Bonchev–Trinajstić information content (AvgIpc) is 3.10. The molecule has 3 rings (SSSR count). The molecule has 0 spiro atoms. The molecule has 3 heterocycles. The van der Waals surface area contributed by atoms with Crippen molar-refractivity contribution in [1.29, 1.82) is 0 Å². The number of piperidine rings is 1. The lowest BCUT2D eigenvalue weighted by Crippen LogP contribution is -2.35. The Morgan fingerprint density at radius 2 is 2.19 bits per heavy atom. The Kier molecular flexibility index (Phi) is 3.74. The first kappa shape index (κ1) is 13.8. The van der Waals surface area contributed by atoms with E-state index in [4.69, 9.17) is 0 Å². The van der Waals surface area contributed by atoms with Crippen molar-refractivity contribution in [2.24, 2.45) is 7.05 Å². The lowest BCUT2D eigenvalue weighted by atomic mass is 10.0. The summed E-state index contributed by atoms with van der Waals surface area (Å²) in [7, 11) is 1.90. The molecule has 2 aromatic heterocycles. The van der Waals surface area contributed by atoms with Crippen LogP contribution in [0.4, 0.5) is 0 Å². The van der Waals surface area contributed by atoms with E-state index in [-0.39, 0.29) is 6.04 Å². The van der Waals surface area contributed by atoms with Crippen LogP contribution in [0.15, 0.2) is 24.7 Å². The highest BCUT2D eigenvalue weighted by Crippen LogP contribution is 2.25. The third kappa shape index (κ3) is 2.82. The van der Waals surface area contributed by atoms with Gasteiger partial charge in [0, 0.05) is 32.4 Å². The zero-order valence-electron chi connectivity index (χ0n) is 12.0. The molecule has 2 aromatic rings. The molecule has 0 atom stereocenters. The monoisotopic (exact) mass is 289 g/mol. The summed E-state index contributed by atoms with van der Waals surface area (Å²) in [5, 5.41) is 13.3. The minimum atomic E-state index is -0.860. The van der Waals surface area contributed by atoms with Gasteiger partial charge in [0.1, 0.15) is 17.8 Å². The Hall–Kier alpha value is -2.15. The number of hydrogen-bond donors (Lipinski definition) is 1. The lowest BCUT2D eigenvalue weighted by molar-refractivity contribution is 0.0678. The number of nitrogens with zero attached hydrogens (tertiary/aromatic N) is 5. The number of aromatic nitrogens is 4. The number of hydrogen-bond acceptors (Lipinski definition) is 4. The van der Waals surface area contributed by atoms with Gasteiger partial charge in [0.25, 0.3) is 0 Å². The zero-order valence-corrected chi connectivity index (χ0v) is 12.0. The van der Waals surface area contributed by atoms with Crippen LogP contribution in [0.5, 0.6) is 0 Å². The molecule has 1 aliphatic rings. The van der Waals surface area contributed by atoms with Gasteiger partial charge in [-0.1, -0.05) is 0 Å². The Bertz CT molecular complexity index is 625. The van der Waals surface area contributed by atoms with Gasteiger partial charge in [-0.3, -0.25) is 9.58 Å². The van der Waals surface area contributed by atoms with Crippen molar-refractivity contribution in [3.63, 3.8) is 0 Å². The van der Waals surface area contributed by atoms with E-state index in [2.05, 4.69) is 15.0 Å². The third-order valence-corrected chi connectivity index (χ3v) is 4.12. The number of carbonyl (C=O) groups is 1. The Labute approximate surface area is 122 Å². The highest BCUT2D eigenvalue weighted by atomic mass is 16.4. The maximum Gasteiger partial charge on any atom is 0.352 e. The van der Waals surface area contributed by atoms with Crippen LogP contribution >= 0.6 is 0 Å². The molecule has 0 amide bonds. The Balaban J connectivity index is 1.61. The van der Waals surface area contributed by atoms with E-state index in [1.54, 1.807) is 23.1 Å². The summed E-state index contributed by atoms with van der Waals surface area (Å²) >= 11 is 0. The quantitative estimate of drug-likeness (QED) is 0.913. The van der Waals surface area contributed by atoms with Crippen LogP contribution in [0, 0.1) is 0 Å². The van der Waals surface area contributed by atoms with Crippen molar-refractivity contribution in [1.82, 2.24) is 24.2 Å². The van der Waals surface area contributed by atoms with Gasteiger partial charge in [0.2, 0.25) is 0 Å². The van der Waals surface area contributed by atoms with Gasteiger partial charge >= 0.3 is 5.97 Å². The van der Waals surface area contributed by atoms with Crippen molar-refractivity contribution in [3.8, 4) is 0 Å². The van der Waals surface area contributed by atoms with Crippen molar-refractivity contribution >= 4 is 5.97 Å². The Morgan fingerprint density at radius 3 is 2.81 bits per heavy atom. The first-order chi connectivity index (χ1) is 10.1. The van der Waals surface area contributed by atoms with Gasteiger partial charge in [-0.25, -0.2) is 9.78 Å². The molecule has 112 valence electrons. The van der Waals surface area contributed by atoms with E-state index in [1.807, 2.05) is 17.8 Å². The molecule has 0 aliphatic carbocycles. The molecule has 1 aliphatic heterocycles. The second-order valence-electron chi connectivity index (χ2n) is 5.41. The molecule has 0 radical (unpaired) electrons. The van der Waals surface area contributed by atoms with Crippen molar-refractivity contribution in [3.05, 3.63) is 36.2 Å². The molecule has 21 heavy (non-hydrogen) atoms. The van der Waals surface area contributed by atoms with Crippen LogP contribution in [0.1, 0.15) is 35.2 Å². The average molecular weight is 289 g/mol. The van der Waals surface area contributed by atoms with E-state index < -0.39 is 5.97 Å². The molecule has 1 fully saturated rings.